The van der Waals surface area contributed by atoms with E-state index in [1.807, 2.05) is 44.2 Å². The van der Waals surface area contributed by atoms with Gasteiger partial charge < -0.3 is 24.4 Å². The van der Waals surface area contributed by atoms with Crippen molar-refractivity contribution < 1.29 is 29.0 Å². The van der Waals surface area contributed by atoms with Crippen LogP contribution in [0.5, 0.6) is 0 Å². The molecule has 1 spiro atoms. The van der Waals surface area contributed by atoms with Gasteiger partial charge >= 0.3 is 5.97 Å². The fraction of sp³-hybridized carbons (Fsp3) is 0.607. The molecule has 3 fully saturated rings. The summed E-state index contributed by atoms with van der Waals surface area (Å²) in [6.45, 7) is 10.2. The van der Waals surface area contributed by atoms with E-state index in [9.17, 15) is 19.5 Å². The van der Waals surface area contributed by atoms with Crippen LogP contribution in [0.3, 0.4) is 0 Å². The van der Waals surface area contributed by atoms with E-state index < -0.39 is 41.6 Å². The van der Waals surface area contributed by atoms with Crippen LogP contribution in [-0.4, -0.2) is 76.2 Å². The van der Waals surface area contributed by atoms with Gasteiger partial charge in [0.25, 0.3) is 0 Å². The molecule has 1 aromatic rings. The van der Waals surface area contributed by atoms with Crippen molar-refractivity contribution in [2.24, 2.45) is 17.8 Å². The third-order valence-corrected chi connectivity index (χ3v) is 7.76. The lowest BCUT2D eigenvalue weighted by atomic mass is 9.70. The van der Waals surface area contributed by atoms with Crippen LogP contribution < -0.4 is 0 Å². The molecule has 1 N–H and O–H groups in total. The Balaban J connectivity index is 1.76. The van der Waals surface area contributed by atoms with Gasteiger partial charge in [0.2, 0.25) is 11.8 Å². The molecule has 6 atom stereocenters. The van der Waals surface area contributed by atoms with Crippen molar-refractivity contribution in [3.8, 4) is 0 Å². The van der Waals surface area contributed by atoms with Crippen LogP contribution >= 0.6 is 0 Å². The van der Waals surface area contributed by atoms with Gasteiger partial charge in [-0.2, -0.15) is 0 Å². The normalized spacial score (nSPS) is 29.4. The second kappa shape index (κ2) is 10.7. The SMILES string of the molecule is C=CCN(Cc1ccccc1)C(=O)[C@@H]1N([C@@H](CO)CC(C)C)C(=O)[C@H]2[C@H](C(=O)OCC)[C@@H]3CC[C@]12O3. The smallest absolute Gasteiger partial charge is 0.312 e. The second-order valence-electron chi connectivity index (χ2n) is 10.5. The van der Waals surface area contributed by atoms with Gasteiger partial charge in [0.05, 0.1) is 37.2 Å². The molecule has 0 unspecified atom stereocenters. The number of ether oxygens (including phenoxy) is 2. The summed E-state index contributed by atoms with van der Waals surface area (Å²) >= 11 is 0. The van der Waals surface area contributed by atoms with E-state index in [2.05, 4.69) is 6.58 Å². The van der Waals surface area contributed by atoms with Crippen LogP contribution in [0, 0.1) is 17.8 Å². The Kier molecular flexibility index (Phi) is 7.85. The van der Waals surface area contributed by atoms with Crippen molar-refractivity contribution in [3.63, 3.8) is 0 Å². The lowest BCUT2D eigenvalue weighted by Gasteiger charge is -2.39. The van der Waals surface area contributed by atoms with Gasteiger partial charge in [0, 0.05) is 13.1 Å². The van der Waals surface area contributed by atoms with Gasteiger partial charge in [0.1, 0.15) is 11.6 Å². The molecular weight excluding hydrogens is 460 g/mol. The summed E-state index contributed by atoms with van der Waals surface area (Å²) in [5, 5.41) is 10.4. The summed E-state index contributed by atoms with van der Waals surface area (Å²) in [6.07, 6.45) is 2.84. The van der Waals surface area contributed by atoms with Crippen LogP contribution in [0.2, 0.25) is 0 Å². The fourth-order valence-corrected chi connectivity index (χ4v) is 6.46. The van der Waals surface area contributed by atoms with Crippen LogP contribution in [-0.2, 0) is 30.4 Å². The Hall–Kier alpha value is -2.71. The highest BCUT2D eigenvalue weighted by molar-refractivity contribution is 5.98. The number of carbonyl (C=O) groups is 3. The lowest BCUT2D eigenvalue weighted by molar-refractivity contribution is -0.156. The number of aliphatic hydroxyl groups is 1. The molecular formula is C28H38N2O6. The predicted octanol–water partition coefficient (Wildman–Crippen LogP) is 2.55. The molecule has 8 nitrogen and oxygen atoms in total. The van der Waals surface area contributed by atoms with Crippen molar-refractivity contribution in [1.29, 1.82) is 0 Å². The number of carbonyl (C=O) groups excluding carboxylic acids is 3. The van der Waals surface area contributed by atoms with Crippen molar-refractivity contribution in [2.75, 3.05) is 19.8 Å². The largest absolute Gasteiger partial charge is 0.466 e. The zero-order chi connectivity index (χ0) is 26.0. The maximum absolute atomic E-state index is 14.3. The summed E-state index contributed by atoms with van der Waals surface area (Å²) in [5.74, 6) is -2.35. The topological polar surface area (TPSA) is 96.4 Å². The first-order chi connectivity index (χ1) is 17.3. The molecule has 2 bridgehead atoms. The number of amides is 2. The van der Waals surface area contributed by atoms with Gasteiger partial charge in [-0.05, 0) is 37.7 Å². The zero-order valence-electron chi connectivity index (χ0n) is 21.5. The first kappa shape index (κ1) is 26.4. The maximum atomic E-state index is 14.3. The van der Waals surface area contributed by atoms with E-state index in [1.165, 1.54) is 0 Å². The van der Waals surface area contributed by atoms with Crippen molar-refractivity contribution in [1.82, 2.24) is 9.80 Å². The molecule has 196 valence electrons. The van der Waals surface area contributed by atoms with Crippen LogP contribution in [0.25, 0.3) is 0 Å². The maximum Gasteiger partial charge on any atom is 0.312 e. The zero-order valence-corrected chi connectivity index (χ0v) is 21.5. The van der Waals surface area contributed by atoms with E-state index in [-0.39, 0.29) is 30.9 Å². The minimum atomic E-state index is -1.11. The van der Waals surface area contributed by atoms with Crippen molar-refractivity contribution in [3.05, 3.63) is 48.6 Å². The summed E-state index contributed by atoms with van der Waals surface area (Å²) in [6, 6.07) is 8.17. The predicted molar refractivity (Wildman–Crippen MR) is 133 cm³/mol. The van der Waals surface area contributed by atoms with Gasteiger partial charge in [-0.1, -0.05) is 50.3 Å². The minimum absolute atomic E-state index is 0.190. The Morgan fingerprint density at radius 3 is 2.67 bits per heavy atom. The lowest BCUT2D eigenvalue weighted by Crippen LogP contribution is -2.58. The average molecular weight is 499 g/mol. The monoisotopic (exact) mass is 498 g/mol. The molecule has 0 saturated carbocycles. The molecule has 36 heavy (non-hydrogen) atoms. The molecule has 8 heteroatoms. The number of esters is 1. The third-order valence-electron chi connectivity index (χ3n) is 7.76. The molecule has 2 amide bonds. The summed E-state index contributed by atoms with van der Waals surface area (Å²) < 4.78 is 11.8. The van der Waals surface area contributed by atoms with Crippen LogP contribution in [0.4, 0.5) is 0 Å². The summed E-state index contributed by atoms with van der Waals surface area (Å²) in [4.78, 5) is 44.6. The third kappa shape index (κ3) is 4.45. The number of rotatable bonds is 11. The molecule has 1 aromatic carbocycles. The molecule has 3 aliphatic rings. The van der Waals surface area contributed by atoms with E-state index in [1.54, 1.807) is 22.8 Å². The molecule has 4 rings (SSSR count). The van der Waals surface area contributed by atoms with Gasteiger partial charge in [-0.3, -0.25) is 14.4 Å². The highest BCUT2D eigenvalue weighted by Crippen LogP contribution is 2.59. The number of fused-ring (bicyclic) bond motifs is 1. The minimum Gasteiger partial charge on any atom is -0.466 e. The number of hydrogen-bond donors (Lipinski definition) is 1. The number of benzene rings is 1. The first-order valence-corrected chi connectivity index (χ1v) is 13.0. The summed E-state index contributed by atoms with van der Waals surface area (Å²) in [7, 11) is 0. The first-order valence-electron chi connectivity index (χ1n) is 13.0. The van der Waals surface area contributed by atoms with Gasteiger partial charge in [0.15, 0.2) is 0 Å². The molecule has 3 heterocycles. The van der Waals surface area contributed by atoms with Crippen molar-refractivity contribution in [2.45, 2.75) is 70.4 Å². The fourth-order valence-electron chi connectivity index (χ4n) is 6.46. The van der Waals surface area contributed by atoms with E-state index >= 15 is 0 Å². The highest BCUT2D eigenvalue weighted by atomic mass is 16.6. The van der Waals surface area contributed by atoms with E-state index in [0.717, 1.165) is 5.56 Å². The molecule has 3 aliphatic heterocycles. The Bertz CT molecular complexity index is 982. The summed E-state index contributed by atoms with van der Waals surface area (Å²) in [5.41, 5.74) is -0.156. The average Bonchev–Trinajstić information content (AvgIpc) is 3.50. The van der Waals surface area contributed by atoms with Gasteiger partial charge in [-0.15, -0.1) is 6.58 Å². The van der Waals surface area contributed by atoms with E-state index in [4.69, 9.17) is 9.47 Å². The Labute approximate surface area is 213 Å². The number of hydrogen-bond acceptors (Lipinski definition) is 6. The molecule has 0 aliphatic carbocycles. The Morgan fingerprint density at radius 1 is 1.33 bits per heavy atom. The van der Waals surface area contributed by atoms with E-state index in [0.29, 0.717) is 32.4 Å². The number of nitrogens with zero attached hydrogens (tertiary/aromatic N) is 2. The molecule has 0 aromatic heterocycles. The standard InChI is InChI=1S/C28H38N2O6/c1-5-14-29(16-19-10-8-7-9-11-19)26(33)24-28-13-12-21(36-28)22(27(34)35-6-2)23(28)25(32)30(24)20(17-31)15-18(3)4/h5,7-11,18,20-24,31H,1,6,12-17H2,2-4H3/t20-,21+,22-,23-,24+,28-/m1/s1. The highest BCUT2D eigenvalue weighted by Gasteiger charge is 2.75. The van der Waals surface area contributed by atoms with Crippen molar-refractivity contribution >= 4 is 17.8 Å². The van der Waals surface area contributed by atoms with Gasteiger partial charge in [-0.25, -0.2) is 0 Å². The number of likely N-dealkylation sites (tertiary alicyclic amines) is 1. The second-order valence-corrected chi connectivity index (χ2v) is 10.5. The Morgan fingerprint density at radius 2 is 2.06 bits per heavy atom. The quantitative estimate of drug-likeness (QED) is 0.372. The molecule has 0 radical (unpaired) electrons. The van der Waals surface area contributed by atoms with Crippen LogP contribution in [0.1, 0.15) is 45.6 Å². The number of aliphatic hydroxyl groups excluding tert-OH is 1. The van der Waals surface area contributed by atoms with Crippen LogP contribution in [0.15, 0.2) is 43.0 Å². The molecule has 3 saturated heterocycles.